The molecule has 1 fully saturated rings. The molecule has 0 saturated carbocycles. The zero-order valence-corrected chi connectivity index (χ0v) is 17.3. The maximum Gasteiger partial charge on any atom is 0.266 e. The second-order valence-electron chi connectivity index (χ2n) is 8.62. The van der Waals surface area contributed by atoms with Crippen molar-refractivity contribution in [3.63, 3.8) is 0 Å². The molecule has 2 aliphatic rings. The number of para-hydroxylation sites is 1. The number of aromatic nitrogens is 1. The van der Waals surface area contributed by atoms with Crippen molar-refractivity contribution in [1.82, 2.24) is 14.9 Å². The maximum atomic E-state index is 13.3. The first kappa shape index (κ1) is 18.6. The molecule has 1 aromatic heterocycles. The quantitative estimate of drug-likeness (QED) is 0.671. The van der Waals surface area contributed by atoms with E-state index in [-0.39, 0.29) is 18.4 Å². The largest absolute Gasteiger partial charge is 0.356 e. The number of aromatic amines is 1. The van der Waals surface area contributed by atoms with Crippen LogP contribution >= 0.6 is 0 Å². The molecule has 0 radical (unpaired) electrons. The summed E-state index contributed by atoms with van der Waals surface area (Å²) < 4.78 is 0. The Bertz CT molecular complexity index is 1190. The zero-order valence-electron chi connectivity index (χ0n) is 17.3. The highest BCUT2D eigenvalue weighted by Crippen LogP contribution is 2.42. The van der Waals surface area contributed by atoms with E-state index in [1.165, 1.54) is 5.01 Å². The molecule has 0 aliphatic carbocycles. The lowest BCUT2D eigenvalue weighted by atomic mass is 9.82. The molecule has 1 N–H and O–H groups in total. The number of hydrogen-bond acceptors (Lipinski definition) is 3. The number of carbonyl (C=O) groups excluding carboxylic acids is 2. The Labute approximate surface area is 175 Å². The number of aryl methyl sites for hydroxylation is 1. The van der Waals surface area contributed by atoms with Crippen molar-refractivity contribution in [2.75, 3.05) is 6.54 Å². The summed E-state index contributed by atoms with van der Waals surface area (Å²) in [4.78, 5) is 31.7. The molecule has 2 amide bonds. The third kappa shape index (κ3) is 2.75. The van der Waals surface area contributed by atoms with Gasteiger partial charge in [0.25, 0.3) is 5.91 Å². The third-order valence-corrected chi connectivity index (χ3v) is 6.25. The summed E-state index contributed by atoms with van der Waals surface area (Å²) in [5.74, 6) is -0.225. The fraction of sp³-hybridized carbons (Fsp3) is 0.292. The normalized spacial score (nSPS) is 20.7. The second-order valence-corrected chi connectivity index (χ2v) is 8.62. The van der Waals surface area contributed by atoms with E-state index in [0.29, 0.717) is 6.42 Å². The number of carbonyl (C=O) groups is 2. The van der Waals surface area contributed by atoms with Gasteiger partial charge in [-0.2, -0.15) is 5.10 Å². The number of hydrazone groups is 1. The molecule has 3 heterocycles. The van der Waals surface area contributed by atoms with Crippen LogP contribution in [-0.2, 0) is 21.5 Å². The van der Waals surface area contributed by atoms with Crippen molar-refractivity contribution >= 4 is 28.9 Å². The molecular weight excluding hydrogens is 376 g/mol. The number of piperazine rings is 1. The Hall–Kier alpha value is -3.41. The van der Waals surface area contributed by atoms with Gasteiger partial charge in [0.15, 0.2) is 0 Å². The minimum absolute atomic E-state index is 0.0450. The smallest absolute Gasteiger partial charge is 0.266 e. The first-order valence-corrected chi connectivity index (χ1v) is 10.2. The Kier molecular flexibility index (Phi) is 4.07. The van der Waals surface area contributed by atoms with Crippen molar-refractivity contribution in [3.05, 3.63) is 70.9 Å². The van der Waals surface area contributed by atoms with E-state index in [0.717, 1.165) is 33.3 Å². The van der Waals surface area contributed by atoms with E-state index in [4.69, 9.17) is 0 Å². The van der Waals surface area contributed by atoms with Crippen LogP contribution < -0.4 is 0 Å². The van der Waals surface area contributed by atoms with Gasteiger partial charge in [0.2, 0.25) is 5.91 Å². The lowest BCUT2D eigenvalue weighted by Crippen LogP contribution is -2.66. The number of nitrogens with one attached hydrogen (secondary N) is 1. The molecule has 152 valence electrons. The van der Waals surface area contributed by atoms with E-state index in [1.807, 2.05) is 63.2 Å². The molecule has 1 saturated heterocycles. The molecule has 2 aliphatic heterocycles. The monoisotopic (exact) mass is 400 g/mol. The highest BCUT2D eigenvalue weighted by Gasteiger charge is 2.51. The van der Waals surface area contributed by atoms with Gasteiger partial charge in [-0.15, -0.1) is 0 Å². The van der Waals surface area contributed by atoms with Crippen LogP contribution in [0.1, 0.15) is 36.2 Å². The van der Waals surface area contributed by atoms with Crippen LogP contribution in [0.2, 0.25) is 0 Å². The molecule has 2 aromatic carbocycles. The van der Waals surface area contributed by atoms with Crippen LogP contribution in [0.3, 0.4) is 0 Å². The SMILES string of the molecule is Cc1ccc(/C=N/N2CC(=O)N3[C@@H](Cc4c([nH]c5ccccc45)C3(C)C)C2=O)cc1. The van der Waals surface area contributed by atoms with Crippen LogP contribution in [0.4, 0.5) is 0 Å². The van der Waals surface area contributed by atoms with Gasteiger partial charge in [0.1, 0.15) is 12.6 Å². The van der Waals surface area contributed by atoms with Gasteiger partial charge in [0.05, 0.1) is 11.8 Å². The lowest BCUT2D eigenvalue weighted by Gasteiger charge is -2.50. The Morgan fingerprint density at radius 1 is 1.10 bits per heavy atom. The molecule has 6 heteroatoms. The van der Waals surface area contributed by atoms with Crippen molar-refractivity contribution in [2.45, 2.75) is 38.8 Å². The summed E-state index contributed by atoms with van der Waals surface area (Å²) >= 11 is 0. The van der Waals surface area contributed by atoms with E-state index in [9.17, 15) is 9.59 Å². The molecule has 3 aromatic rings. The highest BCUT2D eigenvalue weighted by atomic mass is 16.2. The highest BCUT2D eigenvalue weighted by molar-refractivity contribution is 5.98. The minimum atomic E-state index is -0.600. The van der Waals surface area contributed by atoms with E-state index in [1.54, 1.807) is 11.1 Å². The predicted octanol–water partition coefficient (Wildman–Crippen LogP) is 3.34. The number of rotatable bonds is 2. The van der Waals surface area contributed by atoms with E-state index in [2.05, 4.69) is 16.2 Å². The van der Waals surface area contributed by atoms with Gasteiger partial charge in [-0.3, -0.25) is 9.59 Å². The van der Waals surface area contributed by atoms with Gasteiger partial charge < -0.3 is 9.88 Å². The van der Waals surface area contributed by atoms with Crippen molar-refractivity contribution in [1.29, 1.82) is 0 Å². The fourth-order valence-corrected chi connectivity index (χ4v) is 4.75. The summed E-state index contributed by atoms with van der Waals surface area (Å²) in [6.45, 7) is 5.98. The zero-order chi connectivity index (χ0) is 21.0. The molecule has 6 nitrogen and oxygen atoms in total. The molecule has 0 unspecified atom stereocenters. The second kappa shape index (κ2) is 6.55. The van der Waals surface area contributed by atoms with Gasteiger partial charge in [-0.25, -0.2) is 5.01 Å². The summed E-state index contributed by atoms with van der Waals surface area (Å²) in [5.41, 5.74) is 4.61. The average Bonchev–Trinajstić information content (AvgIpc) is 3.10. The lowest BCUT2D eigenvalue weighted by molar-refractivity contribution is -0.163. The third-order valence-electron chi connectivity index (χ3n) is 6.25. The standard InChI is InChI=1S/C24H24N4O2/c1-15-8-10-16(11-9-15)13-25-27-14-21(29)28-20(23(27)30)12-18-17-6-4-5-7-19(17)26-22(18)24(28,2)3/h4-11,13,20,26H,12,14H2,1-3H3/b25-13+/t20-/m0/s1. The maximum absolute atomic E-state index is 13.3. The van der Waals surface area contributed by atoms with E-state index < -0.39 is 11.6 Å². The molecular formula is C24H24N4O2. The molecule has 5 rings (SSSR count). The van der Waals surface area contributed by atoms with E-state index >= 15 is 0 Å². The number of fused-ring (bicyclic) bond motifs is 4. The van der Waals surface area contributed by atoms with Gasteiger partial charge in [-0.05, 0) is 38.0 Å². The number of benzene rings is 2. The summed E-state index contributed by atoms with van der Waals surface area (Å²) in [7, 11) is 0. The van der Waals surface area contributed by atoms with Gasteiger partial charge >= 0.3 is 0 Å². The number of amides is 2. The molecule has 1 atom stereocenters. The number of hydrogen-bond donors (Lipinski definition) is 1. The van der Waals surface area contributed by atoms with Crippen molar-refractivity contribution in [3.8, 4) is 0 Å². The Balaban J connectivity index is 1.51. The Morgan fingerprint density at radius 2 is 1.83 bits per heavy atom. The van der Waals surface area contributed by atoms with Gasteiger partial charge in [-0.1, -0.05) is 48.0 Å². The fourth-order valence-electron chi connectivity index (χ4n) is 4.75. The van der Waals surface area contributed by atoms with Crippen LogP contribution in [0.25, 0.3) is 10.9 Å². The summed E-state index contributed by atoms with van der Waals surface area (Å²) in [5, 5.41) is 6.79. The molecule has 0 bridgehead atoms. The minimum Gasteiger partial charge on any atom is -0.356 e. The average molecular weight is 400 g/mol. The number of nitrogens with zero attached hydrogens (tertiary/aromatic N) is 3. The predicted molar refractivity (Wildman–Crippen MR) is 116 cm³/mol. The van der Waals surface area contributed by atoms with Gasteiger partial charge in [0, 0.05) is 23.0 Å². The van der Waals surface area contributed by atoms with Crippen LogP contribution in [0.15, 0.2) is 53.6 Å². The van der Waals surface area contributed by atoms with Crippen LogP contribution in [-0.4, -0.2) is 45.5 Å². The first-order chi connectivity index (χ1) is 14.4. The topological polar surface area (TPSA) is 68.8 Å². The van der Waals surface area contributed by atoms with Crippen LogP contribution in [0.5, 0.6) is 0 Å². The summed E-state index contributed by atoms with van der Waals surface area (Å²) in [6.07, 6.45) is 2.13. The van der Waals surface area contributed by atoms with Crippen LogP contribution in [0, 0.1) is 6.92 Å². The van der Waals surface area contributed by atoms with Crippen molar-refractivity contribution < 1.29 is 9.59 Å². The molecule has 30 heavy (non-hydrogen) atoms. The van der Waals surface area contributed by atoms with Crippen molar-refractivity contribution in [2.24, 2.45) is 5.10 Å². The molecule has 0 spiro atoms. The number of H-pyrrole nitrogens is 1. The Morgan fingerprint density at radius 3 is 2.60 bits per heavy atom. The first-order valence-electron chi connectivity index (χ1n) is 10.2. The summed E-state index contributed by atoms with van der Waals surface area (Å²) in [6, 6.07) is 15.4.